The molecule has 1 aliphatic rings. The number of nitrogens with zero attached hydrogens (tertiary/aromatic N) is 3. The van der Waals surface area contributed by atoms with Gasteiger partial charge in [0.25, 0.3) is 0 Å². The Hall–Kier alpha value is -2.45. The van der Waals surface area contributed by atoms with E-state index in [1.54, 1.807) is 6.20 Å². The van der Waals surface area contributed by atoms with Crippen LogP contribution in [0.1, 0.15) is 12.5 Å². The van der Waals surface area contributed by atoms with Crippen LogP contribution in [-0.4, -0.2) is 30.7 Å². The second-order valence-electron chi connectivity index (χ2n) is 6.33. The number of pyridine rings is 1. The Labute approximate surface area is 156 Å². The van der Waals surface area contributed by atoms with Gasteiger partial charge in [-0.05, 0) is 43.2 Å². The molecule has 0 amide bonds. The predicted molar refractivity (Wildman–Crippen MR) is 106 cm³/mol. The van der Waals surface area contributed by atoms with Crippen molar-refractivity contribution < 1.29 is 8.42 Å². The van der Waals surface area contributed by atoms with Crippen LogP contribution in [0.5, 0.6) is 0 Å². The molecule has 0 aliphatic carbocycles. The molecule has 3 heterocycles. The van der Waals surface area contributed by atoms with E-state index < -0.39 is 10.0 Å². The van der Waals surface area contributed by atoms with Crippen LogP contribution in [0, 0.1) is 0 Å². The number of anilines is 3. The van der Waals surface area contributed by atoms with E-state index >= 15 is 0 Å². The van der Waals surface area contributed by atoms with Crippen LogP contribution in [0.15, 0.2) is 48.0 Å². The quantitative estimate of drug-likeness (QED) is 0.741. The summed E-state index contributed by atoms with van der Waals surface area (Å²) in [5, 5.41) is 5.94. The molecule has 8 heteroatoms. The Morgan fingerprint density at radius 2 is 2.12 bits per heavy atom. The predicted octanol–water partition coefficient (Wildman–Crippen LogP) is 3.66. The van der Waals surface area contributed by atoms with Crippen LogP contribution in [0.25, 0.3) is 11.3 Å². The molecule has 0 radical (unpaired) electrons. The van der Waals surface area contributed by atoms with Crippen molar-refractivity contribution in [2.45, 2.75) is 19.4 Å². The minimum Gasteiger partial charge on any atom is -0.316 e. The molecule has 26 heavy (non-hydrogen) atoms. The molecule has 0 fully saturated rings. The van der Waals surface area contributed by atoms with Gasteiger partial charge in [-0.2, -0.15) is 0 Å². The van der Waals surface area contributed by atoms with Crippen molar-refractivity contribution in [3.8, 4) is 11.3 Å². The van der Waals surface area contributed by atoms with Crippen LogP contribution in [0.4, 0.5) is 16.6 Å². The van der Waals surface area contributed by atoms with Crippen LogP contribution in [0.2, 0.25) is 0 Å². The number of hydrogen-bond donors (Lipinski definition) is 1. The molecular weight excluding hydrogens is 368 g/mol. The number of rotatable bonds is 4. The summed E-state index contributed by atoms with van der Waals surface area (Å²) >= 11 is 1.51. The number of sulfonamides is 1. The molecule has 4 rings (SSSR count). The van der Waals surface area contributed by atoms with E-state index in [4.69, 9.17) is 0 Å². The average Bonchev–Trinajstić information content (AvgIpc) is 3.17. The van der Waals surface area contributed by atoms with Crippen molar-refractivity contribution >= 4 is 38.0 Å². The SMILES string of the molecule is CC1Cc2cc(-c3csc(Nc4ccccn4)n3)ccc2N1S(C)(=O)=O. The van der Waals surface area contributed by atoms with E-state index in [1.165, 1.54) is 21.9 Å². The number of benzene rings is 1. The van der Waals surface area contributed by atoms with Gasteiger partial charge in [-0.15, -0.1) is 11.3 Å². The molecular formula is C18H18N4O2S2. The largest absolute Gasteiger partial charge is 0.316 e. The first-order chi connectivity index (χ1) is 12.4. The molecule has 3 aromatic rings. The van der Waals surface area contributed by atoms with E-state index in [-0.39, 0.29) is 6.04 Å². The number of aromatic nitrogens is 2. The van der Waals surface area contributed by atoms with Crippen molar-refractivity contribution in [3.05, 3.63) is 53.5 Å². The second kappa shape index (κ2) is 6.37. The van der Waals surface area contributed by atoms with E-state index in [0.717, 1.165) is 33.5 Å². The monoisotopic (exact) mass is 386 g/mol. The normalized spacial score (nSPS) is 16.5. The Balaban J connectivity index is 1.62. The highest BCUT2D eigenvalue weighted by Gasteiger charge is 2.32. The summed E-state index contributed by atoms with van der Waals surface area (Å²) < 4.78 is 25.6. The van der Waals surface area contributed by atoms with Gasteiger partial charge in [0.2, 0.25) is 10.0 Å². The molecule has 1 aromatic carbocycles. The summed E-state index contributed by atoms with van der Waals surface area (Å²) in [6.07, 6.45) is 3.69. The first kappa shape index (κ1) is 17.0. The molecule has 0 bridgehead atoms. The van der Waals surface area contributed by atoms with E-state index in [1.807, 2.05) is 48.7 Å². The zero-order chi connectivity index (χ0) is 18.3. The first-order valence-electron chi connectivity index (χ1n) is 8.18. The number of hydrogen-bond acceptors (Lipinski definition) is 6. The lowest BCUT2D eigenvalue weighted by atomic mass is 10.1. The lowest BCUT2D eigenvalue weighted by molar-refractivity contribution is 0.590. The lowest BCUT2D eigenvalue weighted by Gasteiger charge is -2.21. The highest BCUT2D eigenvalue weighted by atomic mass is 32.2. The maximum Gasteiger partial charge on any atom is 0.232 e. The summed E-state index contributed by atoms with van der Waals surface area (Å²) in [6, 6.07) is 11.4. The third-order valence-corrected chi connectivity index (χ3v) is 6.32. The number of thiazole rings is 1. The molecule has 6 nitrogen and oxygen atoms in total. The van der Waals surface area contributed by atoms with E-state index in [9.17, 15) is 8.42 Å². The molecule has 0 saturated carbocycles. The zero-order valence-electron chi connectivity index (χ0n) is 14.4. The van der Waals surface area contributed by atoms with E-state index in [2.05, 4.69) is 15.3 Å². The van der Waals surface area contributed by atoms with Gasteiger partial charge >= 0.3 is 0 Å². The van der Waals surface area contributed by atoms with Crippen LogP contribution in [-0.2, 0) is 16.4 Å². The zero-order valence-corrected chi connectivity index (χ0v) is 16.0. The van der Waals surface area contributed by atoms with Gasteiger partial charge in [-0.1, -0.05) is 12.1 Å². The molecule has 134 valence electrons. The smallest absolute Gasteiger partial charge is 0.232 e. The Morgan fingerprint density at radius 3 is 2.85 bits per heavy atom. The van der Waals surface area contributed by atoms with Gasteiger partial charge in [0.05, 0.1) is 17.6 Å². The third kappa shape index (κ3) is 3.17. The van der Waals surface area contributed by atoms with Crippen LogP contribution in [0.3, 0.4) is 0 Å². The molecule has 0 spiro atoms. The van der Waals surface area contributed by atoms with Crippen molar-refractivity contribution in [3.63, 3.8) is 0 Å². The summed E-state index contributed by atoms with van der Waals surface area (Å²) in [5.74, 6) is 0.750. The molecule has 0 saturated heterocycles. The molecule has 2 aromatic heterocycles. The van der Waals surface area contributed by atoms with Crippen LogP contribution >= 0.6 is 11.3 Å². The van der Waals surface area contributed by atoms with Crippen molar-refractivity contribution in [2.24, 2.45) is 0 Å². The van der Waals surface area contributed by atoms with Gasteiger partial charge in [0.1, 0.15) is 5.82 Å². The maximum atomic E-state index is 12.0. The minimum absolute atomic E-state index is 0.0629. The lowest BCUT2D eigenvalue weighted by Crippen LogP contribution is -2.34. The van der Waals surface area contributed by atoms with Gasteiger partial charge in [-0.3, -0.25) is 4.31 Å². The maximum absolute atomic E-state index is 12.0. The fourth-order valence-electron chi connectivity index (χ4n) is 3.28. The molecule has 1 aliphatic heterocycles. The topological polar surface area (TPSA) is 75.2 Å². The third-order valence-electron chi connectivity index (χ3n) is 4.29. The Kier molecular flexibility index (Phi) is 4.16. The summed E-state index contributed by atoms with van der Waals surface area (Å²) in [4.78, 5) is 8.86. The fraction of sp³-hybridized carbons (Fsp3) is 0.222. The van der Waals surface area contributed by atoms with Crippen LogP contribution < -0.4 is 9.62 Å². The van der Waals surface area contributed by atoms with Gasteiger partial charge < -0.3 is 5.32 Å². The molecule has 1 unspecified atom stereocenters. The first-order valence-corrected chi connectivity index (χ1v) is 10.9. The Bertz CT molecular complexity index is 1050. The second-order valence-corrected chi connectivity index (χ2v) is 9.05. The Morgan fingerprint density at radius 1 is 1.27 bits per heavy atom. The van der Waals surface area contributed by atoms with Crippen molar-refractivity contribution in [2.75, 3.05) is 15.9 Å². The fourth-order valence-corrected chi connectivity index (χ4v) is 5.27. The van der Waals surface area contributed by atoms with E-state index in [0.29, 0.717) is 6.42 Å². The number of nitrogens with one attached hydrogen (secondary N) is 1. The van der Waals surface area contributed by atoms with Crippen molar-refractivity contribution in [1.29, 1.82) is 0 Å². The minimum atomic E-state index is -3.27. The molecule has 1 N–H and O–H groups in total. The van der Waals surface area contributed by atoms with Gasteiger partial charge in [-0.25, -0.2) is 18.4 Å². The summed E-state index contributed by atoms with van der Waals surface area (Å²) in [7, 11) is -3.27. The summed E-state index contributed by atoms with van der Waals surface area (Å²) in [5.41, 5.74) is 3.65. The highest BCUT2D eigenvalue weighted by molar-refractivity contribution is 7.92. The number of fused-ring (bicyclic) bond motifs is 1. The van der Waals surface area contributed by atoms with Gasteiger partial charge in [0, 0.05) is 23.2 Å². The van der Waals surface area contributed by atoms with Crippen molar-refractivity contribution in [1.82, 2.24) is 9.97 Å². The highest BCUT2D eigenvalue weighted by Crippen LogP contribution is 2.37. The molecule has 1 atom stereocenters. The standard InChI is InChI=1S/C18H18N4O2S2/c1-12-9-14-10-13(6-7-16(14)22(12)26(2,23)24)15-11-25-18(20-15)21-17-5-3-4-8-19-17/h3-8,10-12H,9H2,1-2H3,(H,19,20,21). The van der Waals surface area contributed by atoms with Gasteiger partial charge in [0.15, 0.2) is 5.13 Å². The average molecular weight is 387 g/mol. The summed E-state index contributed by atoms with van der Waals surface area (Å²) in [6.45, 7) is 1.93.